The van der Waals surface area contributed by atoms with Gasteiger partial charge in [-0.2, -0.15) is 0 Å². The number of piperazine rings is 1. The van der Waals surface area contributed by atoms with Crippen LogP contribution in [-0.2, 0) is 4.79 Å². The predicted octanol–water partition coefficient (Wildman–Crippen LogP) is 1.76. The lowest BCUT2D eigenvalue weighted by molar-refractivity contribution is -0.139. The Morgan fingerprint density at radius 2 is 2.00 bits per heavy atom. The van der Waals surface area contributed by atoms with Crippen molar-refractivity contribution in [3.05, 3.63) is 29.6 Å². The van der Waals surface area contributed by atoms with Gasteiger partial charge in [0.2, 0.25) is 5.91 Å². The smallest absolute Gasteiger partial charge is 0.253 e. The molecule has 1 fully saturated rings. The molecule has 2 rings (SSSR count). The van der Waals surface area contributed by atoms with Gasteiger partial charge in [-0.15, -0.1) is 0 Å². The maximum Gasteiger partial charge on any atom is 0.253 e. The van der Waals surface area contributed by atoms with E-state index in [1.54, 1.807) is 11.0 Å². The third kappa shape index (κ3) is 2.77. The summed E-state index contributed by atoms with van der Waals surface area (Å²) in [6.07, 6.45) is 0. The summed E-state index contributed by atoms with van der Waals surface area (Å²) in [6, 6.07) is 4.41. The number of carbonyl (C=O) groups is 2. The first kappa shape index (κ1) is 16.3. The summed E-state index contributed by atoms with van der Waals surface area (Å²) in [4.78, 5) is 27.6. The van der Waals surface area contributed by atoms with Crippen molar-refractivity contribution in [2.75, 3.05) is 18.0 Å². The molecule has 0 unspecified atom stereocenters. The molecule has 0 spiro atoms. The van der Waals surface area contributed by atoms with Gasteiger partial charge in [-0.3, -0.25) is 9.59 Å². The van der Waals surface area contributed by atoms with Crippen LogP contribution in [0.25, 0.3) is 0 Å². The SMILES string of the molecule is CC(C)N1C(=O)CN(c2cccc(F)c2C(N)=O)CC1(C)C. The highest BCUT2D eigenvalue weighted by atomic mass is 19.1. The highest BCUT2D eigenvalue weighted by molar-refractivity contribution is 6.00. The zero-order chi connectivity index (χ0) is 16.7. The maximum atomic E-state index is 13.9. The van der Waals surface area contributed by atoms with Crippen molar-refractivity contribution < 1.29 is 14.0 Å². The van der Waals surface area contributed by atoms with Gasteiger partial charge in [0.25, 0.3) is 5.91 Å². The van der Waals surface area contributed by atoms with E-state index in [9.17, 15) is 14.0 Å². The number of benzene rings is 1. The lowest BCUT2D eigenvalue weighted by Gasteiger charge is -2.49. The Labute approximate surface area is 129 Å². The van der Waals surface area contributed by atoms with Crippen LogP contribution in [0.5, 0.6) is 0 Å². The number of anilines is 1. The van der Waals surface area contributed by atoms with E-state index in [2.05, 4.69) is 0 Å². The Morgan fingerprint density at radius 3 is 2.50 bits per heavy atom. The van der Waals surface area contributed by atoms with Crippen LogP contribution < -0.4 is 10.6 Å². The topological polar surface area (TPSA) is 66.6 Å². The van der Waals surface area contributed by atoms with Crippen LogP contribution in [0.1, 0.15) is 38.1 Å². The molecule has 22 heavy (non-hydrogen) atoms. The molecule has 5 nitrogen and oxygen atoms in total. The van der Waals surface area contributed by atoms with E-state index < -0.39 is 17.3 Å². The van der Waals surface area contributed by atoms with E-state index in [1.807, 2.05) is 32.6 Å². The molecule has 1 aromatic rings. The quantitative estimate of drug-likeness (QED) is 0.925. The minimum atomic E-state index is -0.829. The van der Waals surface area contributed by atoms with Gasteiger partial charge in [-0.05, 0) is 39.8 Å². The van der Waals surface area contributed by atoms with E-state index in [1.165, 1.54) is 12.1 Å². The van der Waals surface area contributed by atoms with Crippen LogP contribution in [0.15, 0.2) is 18.2 Å². The summed E-state index contributed by atoms with van der Waals surface area (Å²) in [7, 11) is 0. The molecule has 120 valence electrons. The molecule has 1 saturated heterocycles. The van der Waals surface area contributed by atoms with E-state index >= 15 is 0 Å². The molecule has 1 heterocycles. The molecule has 0 saturated carbocycles. The number of nitrogens with two attached hydrogens (primary N) is 1. The molecule has 1 aliphatic heterocycles. The summed E-state index contributed by atoms with van der Waals surface area (Å²) in [5.41, 5.74) is 5.08. The number of hydrogen-bond donors (Lipinski definition) is 1. The van der Waals surface area contributed by atoms with Crippen molar-refractivity contribution in [3.63, 3.8) is 0 Å². The van der Waals surface area contributed by atoms with Gasteiger partial charge in [0.05, 0.1) is 23.3 Å². The van der Waals surface area contributed by atoms with Gasteiger partial charge < -0.3 is 15.5 Å². The second kappa shape index (κ2) is 5.59. The average molecular weight is 307 g/mol. The monoisotopic (exact) mass is 307 g/mol. The minimum absolute atomic E-state index is 0.0501. The fourth-order valence-electron chi connectivity index (χ4n) is 3.35. The van der Waals surface area contributed by atoms with Crippen LogP contribution in [-0.4, -0.2) is 41.4 Å². The molecule has 2 amide bonds. The first-order chi connectivity index (χ1) is 10.1. The molecule has 0 atom stereocenters. The number of halogens is 1. The molecule has 1 aromatic carbocycles. The Morgan fingerprint density at radius 1 is 1.36 bits per heavy atom. The van der Waals surface area contributed by atoms with Gasteiger partial charge >= 0.3 is 0 Å². The number of rotatable bonds is 3. The standard InChI is InChI=1S/C16H22FN3O2/c1-10(2)20-13(21)8-19(9-16(20,3)4)12-7-5-6-11(17)14(12)15(18)22/h5-7,10H,8-9H2,1-4H3,(H2,18,22). The molecule has 1 aliphatic rings. The number of carbonyl (C=O) groups excluding carboxylic acids is 2. The van der Waals surface area contributed by atoms with Crippen molar-refractivity contribution >= 4 is 17.5 Å². The molecule has 6 heteroatoms. The first-order valence-electron chi connectivity index (χ1n) is 7.30. The van der Waals surface area contributed by atoms with Crippen LogP contribution >= 0.6 is 0 Å². The van der Waals surface area contributed by atoms with Crippen molar-refractivity contribution in [1.29, 1.82) is 0 Å². The van der Waals surface area contributed by atoms with Crippen LogP contribution in [0.2, 0.25) is 0 Å². The Kier molecular flexibility index (Phi) is 4.13. The molecule has 0 bridgehead atoms. The first-order valence-corrected chi connectivity index (χ1v) is 7.30. The van der Waals surface area contributed by atoms with E-state index in [0.717, 1.165) is 0 Å². The normalized spacial score (nSPS) is 18.0. The summed E-state index contributed by atoms with van der Waals surface area (Å²) in [5.74, 6) is -1.54. The summed E-state index contributed by atoms with van der Waals surface area (Å²) in [6.45, 7) is 8.45. The number of nitrogens with zero attached hydrogens (tertiary/aromatic N) is 2. The van der Waals surface area contributed by atoms with Gasteiger partial charge in [-0.1, -0.05) is 6.07 Å². The number of amides is 2. The lowest BCUT2D eigenvalue weighted by atomic mass is 9.95. The molecule has 0 radical (unpaired) electrons. The Hall–Kier alpha value is -2.11. The van der Waals surface area contributed by atoms with Crippen LogP contribution in [0, 0.1) is 5.82 Å². The molecular formula is C16H22FN3O2. The van der Waals surface area contributed by atoms with Crippen molar-refractivity contribution in [2.45, 2.75) is 39.3 Å². The van der Waals surface area contributed by atoms with Crippen molar-refractivity contribution in [2.24, 2.45) is 5.73 Å². The fourth-order valence-corrected chi connectivity index (χ4v) is 3.35. The summed E-state index contributed by atoms with van der Waals surface area (Å²) in [5, 5.41) is 0. The van der Waals surface area contributed by atoms with E-state index in [0.29, 0.717) is 12.2 Å². The lowest BCUT2D eigenvalue weighted by Crippen LogP contribution is -2.64. The molecule has 0 aliphatic carbocycles. The highest BCUT2D eigenvalue weighted by Gasteiger charge is 2.40. The van der Waals surface area contributed by atoms with Gasteiger partial charge in [0.15, 0.2) is 0 Å². The largest absolute Gasteiger partial charge is 0.365 e. The maximum absolute atomic E-state index is 13.9. The third-order valence-corrected chi connectivity index (χ3v) is 3.92. The van der Waals surface area contributed by atoms with Gasteiger partial charge in [-0.25, -0.2) is 4.39 Å². The highest BCUT2D eigenvalue weighted by Crippen LogP contribution is 2.30. The summed E-state index contributed by atoms with van der Waals surface area (Å²) < 4.78 is 13.9. The third-order valence-electron chi connectivity index (χ3n) is 3.92. The van der Waals surface area contributed by atoms with E-state index in [-0.39, 0.29) is 24.1 Å². The summed E-state index contributed by atoms with van der Waals surface area (Å²) >= 11 is 0. The second-order valence-electron chi connectivity index (χ2n) is 6.52. The number of hydrogen-bond acceptors (Lipinski definition) is 3. The molecule has 2 N–H and O–H groups in total. The van der Waals surface area contributed by atoms with Crippen molar-refractivity contribution in [3.8, 4) is 0 Å². The zero-order valence-corrected chi connectivity index (χ0v) is 13.4. The van der Waals surface area contributed by atoms with Gasteiger partial charge in [0, 0.05) is 12.6 Å². The fraction of sp³-hybridized carbons (Fsp3) is 0.500. The van der Waals surface area contributed by atoms with Gasteiger partial charge in [0.1, 0.15) is 5.82 Å². The average Bonchev–Trinajstić information content (AvgIpc) is 2.35. The minimum Gasteiger partial charge on any atom is -0.365 e. The Balaban J connectivity index is 2.43. The molecular weight excluding hydrogens is 285 g/mol. The van der Waals surface area contributed by atoms with Crippen LogP contribution in [0.3, 0.4) is 0 Å². The number of primary amides is 1. The van der Waals surface area contributed by atoms with E-state index in [4.69, 9.17) is 5.73 Å². The van der Waals surface area contributed by atoms with Crippen LogP contribution in [0.4, 0.5) is 10.1 Å². The Bertz CT molecular complexity index is 613. The zero-order valence-electron chi connectivity index (χ0n) is 13.4. The predicted molar refractivity (Wildman–Crippen MR) is 83.2 cm³/mol. The second-order valence-corrected chi connectivity index (χ2v) is 6.52. The van der Waals surface area contributed by atoms with Crippen molar-refractivity contribution in [1.82, 2.24) is 4.90 Å². The molecule has 0 aromatic heterocycles.